The number of likely N-dealkylation sites (tertiary alicyclic amines) is 1. The fourth-order valence-corrected chi connectivity index (χ4v) is 3.46. The van der Waals surface area contributed by atoms with Crippen molar-refractivity contribution in [3.63, 3.8) is 0 Å². The van der Waals surface area contributed by atoms with E-state index in [4.69, 9.17) is 5.11 Å². The van der Waals surface area contributed by atoms with Crippen molar-refractivity contribution in [1.29, 1.82) is 0 Å². The number of nitrogens with zero attached hydrogens (tertiary/aromatic N) is 2. The second kappa shape index (κ2) is 8.63. The first-order valence-corrected chi connectivity index (χ1v) is 8.10. The van der Waals surface area contributed by atoms with Crippen LogP contribution in [0.25, 0.3) is 0 Å². The highest BCUT2D eigenvalue weighted by Crippen LogP contribution is 2.19. The number of likely N-dealkylation sites (N-methyl/N-ethyl adjacent to an activating group) is 1. The maximum absolute atomic E-state index is 10.9. The number of carboxylic acid groups (broad SMARTS) is 1. The van der Waals surface area contributed by atoms with Crippen LogP contribution in [0.15, 0.2) is 0 Å². The molecule has 4 nitrogen and oxygen atoms in total. The lowest BCUT2D eigenvalue weighted by Crippen LogP contribution is -2.47. The summed E-state index contributed by atoms with van der Waals surface area (Å²) < 4.78 is 0. The van der Waals surface area contributed by atoms with Gasteiger partial charge in [-0.1, -0.05) is 27.7 Å². The molecule has 0 amide bonds. The van der Waals surface area contributed by atoms with Crippen LogP contribution < -0.4 is 0 Å². The molecule has 0 aromatic rings. The Kier molecular flexibility index (Phi) is 7.52. The number of carbonyl (C=O) groups is 1. The van der Waals surface area contributed by atoms with Crippen molar-refractivity contribution >= 4 is 5.97 Å². The summed E-state index contributed by atoms with van der Waals surface area (Å²) >= 11 is 0. The molecule has 1 rings (SSSR count). The minimum atomic E-state index is -0.708. The predicted molar refractivity (Wildman–Crippen MR) is 83.0 cm³/mol. The molecule has 1 atom stereocenters. The quantitative estimate of drug-likeness (QED) is 0.744. The molecule has 1 heterocycles. The summed E-state index contributed by atoms with van der Waals surface area (Å²) in [5.41, 5.74) is 0. The van der Waals surface area contributed by atoms with Crippen LogP contribution in [-0.4, -0.2) is 59.6 Å². The van der Waals surface area contributed by atoms with Crippen LogP contribution in [0.3, 0.4) is 0 Å². The summed E-state index contributed by atoms with van der Waals surface area (Å²) in [5.74, 6) is 0.821. The van der Waals surface area contributed by atoms with Gasteiger partial charge < -0.3 is 10.0 Å². The number of aliphatic carboxylic acids is 1. The highest BCUT2D eigenvalue weighted by atomic mass is 16.4. The minimum Gasteiger partial charge on any atom is -0.480 e. The molecule has 1 saturated heterocycles. The smallest absolute Gasteiger partial charge is 0.317 e. The third-order valence-corrected chi connectivity index (χ3v) is 4.26. The van der Waals surface area contributed by atoms with Crippen LogP contribution in [0, 0.1) is 11.8 Å². The van der Waals surface area contributed by atoms with E-state index in [1.165, 1.54) is 13.0 Å². The van der Waals surface area contributed by atoms with Crippen LogP contribution in [-0.2, 0) is 4.79 Å². The molecule has 0 bridgehead atoms. The topological polar surface area (TPSA) is 43.8 Å². The second-order valence-electron chi connectivity index (χ2n) is 6.72. The van der Waals surface area contributed by atoms with Crippen LogP contribution in [0.2, 0.25) is 0 Å². The van der Waals surface area contributed by atoms with Crippen molar-refractivity contribution in [3.05, 3.63) is 0 Å². The van der Waals surface area contributed by atoms with Gasteiger partial charge in [-0.15, -0.1) is 0 Å². The van der Waals surface area contributed by atoms with Gasteiger partial charge in [0.25, 0.3) is 0 Å². The third-order valence-electron chi connectivity index (χ3n) is 4.26. The SMILES string of the molecule is CCN(CC(=O)O)C1CCN(CC(C)CC(C)C)CC1. The molecule has 20 heavy (non-hydrogen) atoms. The zero-order valence-electron chi connectivity index (χ0n) is 13.6. The van der Waals surface area contributed by atoms with Gasteiger partial charge in [-0.2, -0.15) is 0 Å². The molecule has 1 fully saturated rings. The van der Waals surface area contributed by atoms with Gasteiger partial charge in [-0.25, -0.2) is 0 Å². The number of hydrogen-bond donors (Lipinski definition) is 1. The van der Waals surface area contributed by atoms with Crippen molar-refractivity contribution in [1.82, 2.24) is 9.80 Å². The number of rotatable bonds is 8. The Hall–Kier alpha value is -0.610. The third kappa shape index (κ3) is 6.23. The van der Waals surface area contributed by atoms with Crippen LogP contribution >= 0.6 is 0 Å². The van der Waals surface area contributed by atoms with Gasteiger partial charge in [0.15, 0.2) is 0 Å². The summed E-state index contributed by atoms with van der Waals surface area (Å²) in [7, 11) is 0. The van der Waals surface area contributed by atoms with E-state index in [-0.39, 0.29) is 6.54 Å². The maximum atomic E-state index is 10.9. The van der Waals surface area contributed by atoms with Crippen molar-refractivity contribution in [3.8, 4) is 0 Å². The molecule has 1 N–H and O–H groups in total. The van der Waals surface area contributed by atoms with E-state index in [0.717, 1.165) is 44.3 Å². The molecule has 0 spiro atoms. The zero-order valence-corrected chi connectivity index (χ0v) is 13.6. The summed E-state index contributed by atoms with van der Waals surface area (Å²) in [6, 6.07) is 0.452. The van der Waals surface area contributed by atoms with Crippen molar-refractivity contribution < 1.29 is 9.90 Å². The summed E-state index contributed by atoms with van der Waals surface area (Å²) in [4.78, 5) is 15.5. The van der Waals surface area contributed by atoms with E-state index in [1.807, 2.05) is 0 Å². The Morgan fingerprint density at radius 1 is 1.30 bits per heavy atom. The summed E-state index contributed by atoms with van der Waals surface area (Å²) in [5, 5.41) is 8.95. The molecule has 0 radical (unpaired) electrons. The number of carboxylic acids is 1. The maximum Gasteiger partial charge on any atom is 0.317 e. The molecule has 1 unspecified atom stereocenters. The second-order valence-corrected chi connectivity index (χ2v) is 6.72. The fraction of sp³-hybridized carbons (Fsp3) is 0.938. The Morgan fingerprint density at radius 3 is 2.35 bits per heavy atom. The molecule has 0 aliphatic carbocycles. The average molecular weight is 284 g/mol. The van der Waals surface area contributed by atoms with Gasteiger partial charge >= 0.3 is 5.97 Å². The Balaban J connectivity index is 2.33. The standard InChI is InChI=1S/C16H32N2O2/c1-5-18(12-16(19)20)15-6-8-17(9-7-15)11-14(4)10-13(2)3/h13-15H,5-12H2,1-4H3,(H,19,20). The Bertz CT molecular complexity index is 286. The average Bonchev–Trinajstić information content (AvgIpc) is 2.35. The summed E-state index contributed by atoms with van der Waals surface area (Å²) in [6.45, 7) is 13.4. The first kappa shape index (κ1) is 17.4. The molecule has 118 valence electrons. The molecule has 0 aromatic heterocycles. The van der Waals surface area contributed by atoms with Gasteiger partial charge in [-0.05, 0) is 50.7 Å². The normalized spacial score (nSPS) is 19.7. The Morgan fingerprint density at radius 2 is 1.90 bits per heavy atom. The van der Waals surface area contributed by atoms with Gasteiger partial charge in [0.05, 0.1) is 6.54 Å². The van der Waals surface area contributed by atoms with Crippen molar-refractivity contribution in [2.75, 3.05) is 32.7 Å². The van der Waals surface area contributed by atoms with Crippen LogP contribution in [0.1, 0.15) is 47.0 Å². The highest BCUT2D eigenvalue weighted by Gasteiger charge is 2.25. The first-order chi connectivity index (χ1) is 9.42. The lowest BCUT2D eigenvalue weighted by molar-refractivity contribution is -0.139. The molecule has 0 saturated carbocycles. The lowest BCUT2D eigenvalue weighted by Gasteiger charge is -2.38. The van der Waals surface area contributed by atoms with E-state index in [1.54, 1.807) is 0 Å². The first-order valence-electron chi connectivity index (χ1n) is 8.10. The largest absolute Gasteiger partial charge is 0.480 e. The minimum absolute atomic E-state index is 0.185. The predicted octanol–water partition coefficient (Wildman–Crippen LogP) is 2.54. The van der Waals surface area contributed by atoms with E-state index in [9.17, 15) is 4.79 Å². The van der Waals surface area contributed by atoms with Gasteiger partial charge in [0.2, 0.25) is 0 Å². The van der Waals surface area contributed by atoms with Crippen molar-refractivity contribution in [2.45, 2.75) is 53.0 Å². The monoisotopic (exact) mass is 284 g/mol. The zero-order chi connectivity index (χ0) is 15.1. The molecule has 1 aliphatic rings. The van der Waals surface area contributed by atoms with Gasteiger partial charge in [-0.3, -0.25) is 9.69 Å². The lowest BCUT2D eigenvalue weighted by atomic mass is 9.96. The number of hydrogen-bond acceptors (Lipinski definition) is 3. The van der Waals surface area contributed by atoms with E-state index < -0.39 is 5.97 Å². The molecule has 0 aromatic carbocycles. The number of piperidine rings is 1. The van der Waals surface area contributed by atoms with Gasteiger partial charge in [0, 0.05) is 12.6 Å². The Labute approximate surface area is 124 Å². The summed E-state index contributed by atoms with van der Waals surface area (Å²) in [6.07, 6.45) is 3.51. The van der Waals surface area contributed by atoms with E-state index >= 15 is 0 Å². The van der Waals surface area contributed by atoms with Crippen LogP contribution in [0.4, 0.5) is 0 Å². The van der Waals surface area contributed by atoms with E-state index in [2.05, 4.69) is 37.5 Å². The van der Waals surface area contributed by atoms with E-state index in [0.29, 0.717) is 6.04 Å². The molecule has 4 heteroatoms. The molecular formula is C16H32N2O2. The fourth-order valence-electron chi connectivity index (χ4n) is 3.46. The van der Waals surface area contributed by atoms with Crippen molar-refractivity contribution in [2.24, 2.45) is 11.8 Å². The molecule has 1 aliphatic heterocycles. The van der Waals surface area contributed by atoms with Gasteiger partial charge in [0.1, 0.15) is 0 Å². The van der Waals surface area contributed by atoms with Crippen LogP contribution in [0.5, 0.6) is 0 Å². The molecular weight excluding hydrogens is 252 g/mol. The highest BCUT2D eigenvalue weighted by molar-refractivity contribution is 5.69.